The number of hydrogen-bond donors (Lipinski definition) is 3. The first kappa shape index (κ1) is 22.3. The van der Waals surface area contributed by atoms with Crippen LogP contribution in [0.2, 0.25) is 5.02 Å². The first-order valence-corrected chi connectivity index (χ1v) is 10.8. The van der Waals surface area contributed by atoms with Gasteiger partial charge in [0, 0.05) is 5.56 Å². The Kier molecular flexibility index (Phi) is 7.85. The molecule has 1 saturated heterocycles. The summed E-state index contributed by atoms with van der Waals surface area (Å²) in [6, 6.07) is 18.1. The molecule has 0 radical (unpaired) electrons. The number of para-hydroxylation sites is 1. The third kappa shape index (κ3) is 6.05. The van der Waals surface area contributed by atoms with Crippen LogP contribution in [-0.2, 0) is 9.59 Å². The van der Waals surface area contributed by atoms with E-state index in [1.165, 1.54) is 10.5 Å². The Morgan fingerprint density at radius 3 is 2.37 bits per heavy atom. The molecule has 2 aromatic carbocycles. The normalized spacial score (nSPS) is 16.7. The van der Waals surface area contributed by atoms with Crippen LogP contribution in [0.25, 0.3) is 0 Å². The summed E-state index contributed by atoms with van der Waals surface area (Å²) in [6.07, 6.45) is 0. The predicted molar refractivity (Wildman–Crippen MR) is 119 cm³/mol. The number of carbonyl (C=O) groups excluding carboxylic acids is 2. The third-order valence-corrected chi connectivity index (χ3v) is 6.06. The number of carbonyl (C=O) groups is 2. The van der Waals surface area contributed by atoms with E-state index in [4.69, 9.17) is 11.6 Å². The Labute approximate surface area is 183 Å². The van der Waals surface area contributed by atoms with Crippen molar-refractivity contribution in [2.24, 2.45) is 0 Å². The Morgan fingerprint density at radius 2 is 1.70 bits per heavy atom. The van der Waals surface area contributed by atoms with Crippen molar-refractivity contribution in [2.45, 2.75) is 13.0 Å². The van der Waals surface area contributed by atoms with E-state index in [0.717, 1.165) is 31.1 Å². The van der Waals surface area contributed by atoms with Crippen molar-refractivity contribution in [3.8, 4) is 0 Å². The number of hydrogen-bond acceptors (Lipinski definition) is 2. The maximum absolute atomic E-state index is 12.7. The Balaban J connectivity index is 1.43. The second kappa shape index (κ2) is 10.6. The van der Waals surface area contributed by atoms with E-state index in [1.54, 1.807) is 12.1 Å². The number of benzene rings is 2. The molecule has 3 rings (SSSR count). The highest BCUT2D eigenvalue weighted by atomic mass is 35.5. The quantitative estimate of drug-likeness (QED) is 0.591. The van der Waals surface area contributed by atoms with E-state index in [1.807, 2.05) is 30.1 Å². The molecule has 1 aliphatic rings. The molecule has 0 bridgehead atoms. The minimum Gasteiger partial charge on any atom is -0.327 e. The van der Waals surface area contributed by atoms with Gasteiger partial charge in [0.25, 0.3) is 11.8 Å². The monoisotopic (exact) mass is 430 g/mol. The number of halogens is 1. The van der Waals surface area contributed by atoms with Crippen molar-refractivity contribution in [2.75, 3.05) is 51.6 Å². The lowest BCUT2D eigenvalue weighted by molar-refractivity contribution is -0.933. The van der Waals surface area contributed by atoms with Gasteiger partial charge in [-0.25, -0.2) is 0 Å². The van der Waals surface area contributed by atoms with E-state index in [9.17, 15) is 9.59 Å². The van der Waals surface area contributed by atoms with Gasteiger partial charge >= 0.3 is 0 Å². The lowest BCUT2D eigenvalue weighted by Gasteiger charge is -2.35. The van der Waals surface area contributed by atoms with Crippen LogP contribution in [0.3, 0.4) is 0 Å². The second-order valence-electron chi connectivity index (χ2n) is 8.01. The lowest BCUT2D eigenvalue weighted by Crippen LogP contribution is -3.15. The Bertz CT molecular complexity index is 853. The van der Waals surface area contributed by atoms with Crippen LogP contribution in [0.15, 0.2) is 54.6 Å². The fourth-order valence-corrected chi connectivity index (χ4v) is 4.10. The van der Waals surface area contributed by atoms with E-state index < -0.39 is 0 Å². The van der Waals surface area contributed by atoms with Crippen LogP contribution in [0.5, 0.6) is 0 Å². The Morgan fingerprint density at radius 1 is 1.07 bits per heavy atom. The standard InChI is InChI=1S/C23H29ClN4O2/c1-18(19-8-4-3-5-9-19)27-12-14-28(15-13-27)23(30)17-26(2)16-22(29)25-21-11-7-6-10-20(21)24/h3-11,18H,12-17H2,1-2H3,(H,25,29)/p+2/t18-/m0/s1. The molecule has 7 heteroatoms. The largest absolute Gasteiger partial charge is 0.327 e. The van der Waals surface area contributed by atoms with Crippen molar-refractivity contribution < 1.29 is 19.4 Å². The third-order valence-electron chi connectivity index (χ3n) is 5.73. The van der Waals surface area contributed by atoms with Gasteiger partial charge in [-0.1, -0.05) is 54.1 Å². The summed E-state index contributed by atoms with van der Waals surface area (Å²) >= 11 is 6.08. The average molecular weight is 431 g/mol. The van der Waals surface area contributed by atoms with Crippen LogP contribution in [0.4, 0.5) is 5.69 Å². The highest BCUT2D eigenvalue weighted by Crippen LogP contribution is 2.19. The SMILES string of the molecule is C[C@@H](c1ccccc1)[NH+]1CCN(C(=O)C[NH+](C)CC(=O)Nc2ccccc2Cl)CC1. The molecular weight excluding hydrogens is 400 g/mol. The number of rotatable bonds is 7. The fourth-order valence-electron chi connectivity index (χ4n) is 3.92. The van der Waals surface area contributed by atoms with Crippen LogP contribution in [0.1, 0.15) is 18.5 Å². The molecule has 2 amide bonds. The molecule has 0 saturated carbocycles. The van der Waals surface area contributed by atoms with Crippen LogP contribution >= 0.6 is 11.6 Å². The number of quaternary nitrogens is 2. The van der Waals surface area contributed by atoms with Crippen molar-refractivity contribution in [3.05, 3.63) is 65.2 Å². The average Bonchev–Trinajstić information content (AvgIpc) is 2.75. The number of likely N-dealkylation sites (N-methyl/N-ethyl adjacent to an activating group) is 1. The number of amides is 2. The van der Waals surface area contributed by atoms with Gasteiger partial charge in [0.1, 0.15) is 6.04 Å². The van der Waals surface area contributed by atoms with Crippen molar-refractivity contribution >= 4 is 29.1 Å². The van der Waals surface area contributed by atoms with Crippen LogP contribution < -0.4 is 15.1 Å². The summed E-state index contributed by atoms with van der Waals surface area (Å²) in [4.78, 5) is 29.2. The first-order valence-electron chi connectivity index (χ1n) is 10.5. The van der Waals surface area contributed by atoms with Gasteiger partial charge in [0.2, 0.25) is 0 Å². The van der Waals surface area contributed by atoms with Gasteiger partial charge in [0.15, 0.2) is 13.1 Å². The number of anilines is 1. The van der Waals surface area contributed by atoms with Crippen molar-refractivity contribution in [1.29, 1.82) is 0 Å². The highest BCUT2D eigenvalue weighted by molar-refractivity contribution is 6.33. The predicted octanol–water partition coefficient (Wildman–Crippen LogP) is 0.282. The molecule has 2 aromatic rings. The minimum absolute atomic E-state index is 0.101. The zero-order valence-electron chi connectivity index (χ0n) is 17.7. The molecule has 0 aromatic heterocycles. The van der Waals surface area contributed by atoms with Gasteiger partial charge in [-0.3, -0.25) is 9.59 Å². The van der Waals surface area contributed by atoms with E-state index in [0.29, 0.717) is 23.3 Å². The first-order chi connectivity index (χ1) is 14.4. The highest BCUT2D eigenvalue weighted by Gasteiger charge is 2.29. The fraction of sp³-hybridized carbons (Fsp3) is 0.391. The zero-order chi connectivity index (χ0) is 21.5. The van der Waals surface area contributed by atoms with Crippen molar-refractivity contribution in [1.82, 2.24) is 4.90 Å². The van der Waals surface area contributed by atoms with Gasteiger partial charge in [-0.2, -0.15) is 0 Å². The minimum atomic E-state index is -0.153. The lowest BCUT2D eigenvalue weighted by atomic mass is 10.1. The Hall–Kier alpha value is -2.41. The molecule has 2 atom stereocenters. The second-order valence-corrected chi connectivity index (χ2v) is 8.42. The summed E-state index contributed by atoms with van der Waals surface area (Å²) < 4.78 is 0. The summed E-state index contributed by atoms with van der Waals surface area (Å²) in [7, 11) is 1.86. The van der Waals surface area contributed by atoms with Gasteiger partial charge < -0.3 is 20.0 Å². The zero-order valence-corrected chi connectivity index (χ0v) is 18.4. The number of nitrogens with zero attached hydrogens (tertiary/aromatic N) is 1. The summed E-state index contributed by atoms with van der Waals surface area (Å²) in [6.45, 7) is 6.15. The molecule has 30 heavy (non-hydrogen) atoms. The molecule has 1 unspecified atom stereocenters. The van der Waals surface area contributed by atoms with E-state index in [2.05, 4.69) is 36.5 Å². The summed E-state index contributed by atoms with van der Waals surface area (Å²) in [5.41, 5.74) is 1.93. The van der Waals surface area contributed by atoms with Crippen molar-refractivity contribution in [3.63, 3.8) is 0 Å². The molecule has 0 aliphatic carbocycles. The van der Waals surface area contributed by atoms with E-state index in [-0.39, 0.29) is 18.4 Å². The molecule has 1 aliphatic heterocycles. The smallest absolute Gasteiger partial charge is 0.279 e. The molecule has 3 N–H and O–H groups in total. The summed E-state index contributed by atoms with van der Waals surface area (Å²) in [5.74, 6) is -0.0520. The molecule has 0 spiro atoms. The molecular formula is C23H31ClN4O2+2. The van der Waals surface area contributed by atoms with Gasteiger partial charge in [-0.05, 0) is 19.1 Å². The van der Waals surface area contributed by atoms with Crippen LogP contribution in [-0.4, -0.2) is 63.0 Å². The molecule has 6 nitrogen and oxygen atoms in total. The van der Waals surface area contributed by atoms with E-state index >= 15 is 0 Å². The van der Waals surface area contributed by atoms with Gasteiger partial charge in [-0.15, -0.1) is 0 Å². The molecule has 1 fully saturated rings. The number of nitrogens with one attached hydrogen (secondary N) is 3. The molecule has 1 heterocycles. The summed E-state index contributed by atoms with van der Waals surface area (Å²) in [5, 5.41) is 3.31. The topological polar surface area (TPSA) is 58.3 Å². The van der Waals surface area contributed by atoms with Gasteiger partial charge in [0.05, 0.1) is 43.9 Å². The number of piperazine rings is 1. The molecule has 160 valence electrons. The maximum atomic E-state index is 12.7. The maximum Gasteiger partial charge on any atom is 0.279 e. The van der Waals surface area contributed by atoms with Crippen LogP contribution in [0, 0.1) is 0 Å².